The van der Waals surface area contributed by atoms with Gasteiger partial charge in [0.1, 0.15) is 0 Å². The Morgan fingerprint density at radius 2 is 2.21 bits per heavy atom. The van der Waals surface area contributed by atoms with Gasteiger partial charge in [0.25, 0.3) is 0 Å². The molecule has 19 heavy (non-hydrogen) atoms. The third-order valence-electron chi connectivity index (χ3n) is 3.38. The van der Waals surface area contributed by atoms with Crippen LogP contribution < -0.4 is 10.5 Å². The van der Waals surface area contributed by atoms with Crippen LogP contribution in [0.4, 0.5) is 0 Å². The smallest absolute Gasteiger partial charge is 0.240 e. The van der Waals surface area contributed by atoms with E-state index < -0.39 is 10.0 Å². The lowest BCUT2D eigenvalue weighted by molar-refractivity contribution is 0.519. The number of hydrogen-bond donors (Lipinski definition) is 2. The molecule has 1 saturated carbocycles. The molecule has 0 heterocycles. The number of hydrogen-bond acceptors (Lipinski definition) is 4. The minimum absolute atomic E-state index is 0.183. The van der Waals surface area contributed by atoms with Gasteiger partial charge in [0.05, 0.1) is 16.5 Å². The molecule has 0 bridgehead atoms. The Morgan fingerprint density at radius 1 is 1.53 bits per heavy atom. The van der Waals surface area contributed by atoms with E-state index in [4.69, 9.17) is 11.0 Å². The Kier molecular flexibility index (Phi) is 3.90. The van der Waals surface area contributed by atoms with Crippen molar-refractivity contribution in [2.75, 3.05) is 6.54 Å². The summed E-state index contributed by atoms with van der Waals surface area (Å²) < 4.78 is 27.1. The van der Waals surface area contributed by atoms with E-state index in [0.29, 0.717) is 23.6 Å². The monoisotopic (exact) mass is 279 g/mol. The van der Waals surface area contributed by atoms with Crippen molar-refractivity contribution in [1.82, 2.24) is 4.72 Å². The quantitative estimate of drug-likeness (QED) is 0.836. The van der Waals surface area contributed by atoms with E-state index in [-0.39, 0.29) is 10.9 Å². The van der Waals surface area contributed by atoms with E-state index in [1.54, 1.807) is 6.92 Å². The van der Waals surface area contributed by atoms with Crippen molar-refractivity contribution in [2.24, 2.45) is 11.7 Å². The maximum Gasteiger partial charge on any atom is 0.240 e. The minimum atomic E-state index is -3.56. The Labute approximate surface area is 113 Å². The predicted octanol–water partition coefficient (Wildman–Crippen LogP) is 0.882. The summed E-state index contributed by atoms with van der Waals surface area (Å²) in [6, 6.07) is 6.32. The number of sulfonamides is 1. The van der Waals surface area contributed by atoms with Gasteiger partial charge in [0.15, 0.2) is 0 Å². The minimum Gasteiger partial charge on any atom is -0.329 e. The molecule has 2 rings (SSSR count). The first-order valence-corrected chi connectivity index (χ1v) is 7.69. The Balaban J connectivity index is 2.24. The standard InChI is InChI=1S/C13H17N3O2S/c1-9-6-12(5-4-11(9)7-14)19(17,18)16-13(8-15)10-2-3-10/h4-6,10,13,16H,2-3,8,15H2,1H3. The van der Waals surface area contributed by atoms with E-state index in [1.165, 1.54) is 18.2 Å². The SMILES string of the molecule is Cc1cc(S(=O)(=O)NC(CN)C2CC2)ccc1C#N. The fraction of sp³-hybridized carbons (Fsp3) is 0.462. The van der Waals surface area contributed by atoms with Crippen LogP contribution >= 0.6 is 0 Å². The molecule has 0 radical (unpaired) electrons. The summed E-state index contributed by atoms with van der Waals surface area (Å²) in [6.07, 6.45) is 2.05. The molecular formula is C13H17N3O2S. The van der Waals surface area contributed by atoms with Gasteiger partial charge in [-0.2, -0.15) is 5.26 Å². The maximum atomic E-state index is 12.2. The summed E-state index contributed by atoms with van der Waals surface area (Å²) >= 11 is 0. The normalized spacial score (nSPS) is 16.9. The first-order chi connectivity index (χ1) is 8.97. The topological polar surface area (TPSA) is 96.0 Å². The zero-order chi connectivity index (χ0) is 14.0. The zero-order valence-corrected chi connectivity index (χ0v) is 11.6. The van der Waals surface area contributed by atoms with Crippen LogP contribution in [-0.4, -0.2) is 21.0 Å². The van der Waals surface area contributed by atoms with Crippen molar-refractivity contribution >= 4 is 10.0 Å². The zero-order valence-electron chi connectivity index (χ0n) is 10.8. The van der Waals surface area contributed by atoms with Crippen LogP contribution in [0.2, 0.25) is 0 Å². The van der Waals surface area contributed by atoms with Crippen LogP contribution in [-0.2, 0) is 10.0 Å². The van der Waals surface area contributed by atoms with Crippen molar-refractivity contribution in [1.29, 1.82) is 5.26 Å². The predicted molar refractivity (Wildman–Crippen MR) is 71.8 cm³/mol. The van der Waals surface area contributed by atoms with Crippen molar-refractivity contribution in [3.8, 4) is 6.07 Å². The molecule has 1 aliphatic rings. The van der Waals surface area contributed by atoms with Gasteiger partial charge in [-0.1, -0.05) is 0 Å². The van der Waals surface area contributed by atoms with Gasteiger partial charge in [-0.15, -0.1) is 0 Å². The van der Waals surface area contributed by atoms with Crippen LogP contribution in [0.5, 0.6) is 0 Å². The van der Waals surface area contributed by atoms with E-state index in [9.17, 15) is 8.42 Å². The Morgan fingerprint density at radius 3 is 2.68 bits per heavy atom. The molecule has 3 N–H and O–H groups in total. The second-order valence-corrected chi connectivity index (χ2v) is 6.60. The first-order valence-electron chi connectivity index (χ1n) is 6.21. The van der Waals surface area contributed by atoms with Crippen LogP contribution in [0.15, 0.2) is 23.1 Å². The van der Waals surface area contributed by atoms with Gasteiger partial charge in [-0.25, -0.2) is 13.1 Å². The molecule has 102 valence electrons. The summed E-state index contributed by atoms with van der Waals surface area (Å²) in [5.74, 6) is 0.360. The average molecular weight is 279 g/mol. The summed E-state index contributed by atoms with van der Waals surface area (Å²) in [4.78, 5) is 0.183. The third kappa shape index (κ3) is 3.13. The van der Waals surface area contributed by atoms with Crippen LogP contribution in [0, 0.1) is 24.2 Å². The number of nitrogens with two attached hydrogens (primary N) is 1. The fourth-order valence-corrected chi connectivity index (χ4v) is 3.43. The van der Waals surface area contributed by atoms with E-state index in [1.807, 2.05) is 6.07 Å². The number of nitriles is 1. The number of nitrogens with zero attached hydrogens (tertiary/aromatic N) is 1. The van der Waals surface area contributed by atoms with E-state index >= 15 is 0 Å². The van der Waals surface area contributed by atoms with Crippen molar-refractivity contribution in [3.05, 3.63) is 29.3 Å². The van der Waals surface area contributed by atoms with Gasteiger partial charge in [-0.05, 0) is 49.4 Å². The second-order valence-electron chi connectivity index (χ2n) is 4.89. The van der Waals surface area contributed by atoms with Gasteiger partial charge < -0.3 is 5.73 Å². The molecule has 1 fully saturated rings. The Bertz CT molecular complexity index is 615. The number of aryl methyl sites for hydroxylation is 1. The molecule has 0 saturated heterocycles. The lowest BCUT2D eigenvalue weighted by Gasteiger charge is -2.16. The molecule has 6 heteroatoms. The van der Waals surface area contributed by atoms with Gasteiger partial charge in [-0.3, -0.25) is 0 Å². The largest absolute Gasteiger partial charge is 0.329 e. The summed E-state index contributed by atoms with van der Waals surface area (Å²) in [6.45, 7) is 2.03. The number of rotatable bonds is 5. The molecule has 5 nitrogen and oxygen atoms in total. The number of nitrogens with one attached hydrogen (secondary N) is 1. The fourth-order valence-electron chi connectivity index (χ4n) is 2.03. The molecular weight excluding hydrogens is 262 g/mol. The molecule has 1 aliphatic carbocycles. The highest BCUT2D eigenvalue weighted by Crippen LogP contribution is 2.32. The van der Waals surface area contributed by atoms with Crippen LogP contribution in [0.3, 0.4) is 0 Å². The molecule has 0 aromatic heterocycles. The lowest BCUT2D eigenvalue weighted by Crippen LogP contribution is -2.41. The van der Waals surface area contributed by atoms with Crippen LogP contribution in [0.25, 0.3) is 0 Å². The van der Waals surface area contributed by atoms with Crippen molar-refractivity contribution in [3.63, 3.8) is 0 Å². The van der Waals surface area contributed by atoms with E-state index in [0.717, 1.165) is 12.8 Å². The molecule has 1 atom stereocenters. The highest BCUT2D eigenvalue weighted by atomic mass is 32.2. The molecule has 0 aliphatic heterocycles. The average Bonchev–Trinajstić information content (AvgIpc) is 3.20. The van der Waals surface area contributed by atoms with Gasteiger partial charge in [0, 0.05) is 12.6 Å². The van der Waals surface area contributed by atoms with Crippen LogP contribution in [0.1, 0.15) is 24.0 Å². The molecule has 1 aromatic rings. The summed E-state index contributed by atoms with van der Waals surface area (Å²) in [5, 5.41) is 8.85. The van der Waals surface area contributed by atoms with Gasteiger partial charge in [0.2, 0.25) is 10.0 Å². The second kappa shape index (κ2) is 5.29. The maximum absolute atomic E-state index is 12.2. The van der Waals surface area contributed by atoms with E-state index in [2.05, 4.69) is 4.72 Å². The Hall–Kier alpha value is -1.42. The molecule has 1 aromatic carbocycles. The highest BCUT2D eigenvalue weighted by Gasteiger charge is 2.33. The first kappa shape index (κ1) is 14.0. The molecule has 0 spiro atoms. The third-order valence-corrected chi connectivity index (χ3v) is 4.87. The highest BCUT2D eigenvalue weighted by molar-refractivity contribution is 7.89. The lowest BCUT2D eigenvalue weighted by atomic mass is 10.1. The van der Waals surface area contributed by atoms with Gasteiger partial charge >= 0.3 is 0 Å². The number of benzene rings is 1. The summed E-state index contributed by atoms with van der Waals surface area (Å²) in [5.41, 5.74) is 6.74. The van der Waals surface area contributed by atoms with Crippen molar-refractivity contribution in [2.45, 2.75) is 30.7 Å². The van der Waals surface area contributed by atoms with Crippen molar-refractivity contribution < 1.29 is 8.42 Å². The summed E-state index contributed by atoms with van der Waals surface area (Å²) in [7, 11) is -3.56. The molecule has 0 amide bonds. The molecule has 1 unspecified atom stereocenters.